The first-order chi connectivity index (χ1) is 9.27. The number of carbonyl (C=O) groups excluding carboxylic acids is 1. The van der Waals surface area contributed by atoms with Gasteiger partial charge in [0.05, 0.1) is 21.2 Å². The number of hydrogen-bond donors (Lipinski definition) is 2. The van der Waals surface area contributed by atoms with Crippen molar-refractivity contribution in [2.75, 3.05) is 5.32 Å². The number of rotatable bonds is 2. The summed E-state index contributed by atoms with van der Waals surface area (Å²) in [4.78, 5) is 12.9. The van der Waals surface area contributed by atoms with Crippen LogP contribution in [0.25, 0.3) is 0 Å². The number of halogens is 4. The second-order valence-corrected chi connectivity index (χ2v) is 5.65. The molecule has 0 radical (unpaired) electrons. The molecule has 1 amide bonds. The van der Waals surface area contributed by atoms with Crippen LogP contribution in [0.15, 0.2) is 34.5 Å². The zero-order valence-electron chi connectivity index (χ0n) is 9.66. The molecule has 8 heteroatoms. The normalized spacial score (nSPS) is 11.4. The smallest absolute Gasteiger partial charge is 0.320 e. The molecule has 1 N–H and O–H groups in total. The van der Waals surface area contributed by atoms with E-state index in [1.165, 1.54) is 11.3 Å². The van der Waals surface area contributed by atoms with Gasteiger partial charge in [0, 0.05) is 10.3 Å². The second kappa shape index (κ2) is 5.67. The Balaban J connectivity index is 2.20. The van der Waals surface area contributed by atoms with Gasteiger partial charge < -0.3 is 5.32 Å². The zero-order chi connectivity index (χ0) is 14.9. The largest absolute Gasteiger partial charge is 0.416 e. The van der Waals surface area contributed by atoms with Crippen molar-refractivity contribution in [3.8, 4) is 0 Å². The number of hydrogen-bond acceptors (Lipinski definition) is 3. The van der Waals surface area contributed by atoms with Crippen LogP contribution in [0.2, 0.25) is 5.02 Å². The SMILES string of the molecule is O=C(Nc1ccc(C(F)(F)F)cc1Cl)c1cc(S)cs1. The van der Waals surface area contributed by atoms with E-state index in [0.717, 1.165) is 18.2 Å². The fourth-order valence-electron chi connectivity index (χ4n) is 1.42. The number of amides is 1. The molecule has 106 valence electrons. The highest BCUT2D eigenvalue weighted by Gasteiger charge is 2.31. The number of alkyl halides is 3. The van der Waals surface area contributed by atoms with Gasteiger partial charge in [-0.25, -0.2) is 0 Å². The van der Waals surface area contributed by atoms with Crippen LogP contribution in [0.1, 0.15) is 15.2 Å². The predicted octanol–water partition coefficient (Wildman–Crippen LogP) is 4.96. The molecule has 0 fully saturated rings. The highest BCUT2D eigenvalue weighted by atomic mass is 35.5. The maximum absolute atomic E-state index is 12.5. The van der Waals surface area contributed by atoms with Gasteiger partial charge in [-0.05, 0) is 24.3 Å². The van der Waals surface area contributed by atoms with Crippen molar-refractivity contribution in [2.24, 2.45) is 0 Å². The van der Waals surface area contributed by atoms with Crippen LogP contribution in [0.4, 0.5) is 18.9 Å². The minimum Gasteiger partial charge on any atom is -0.320 e. The summed E-state index contributed by atoms with van der Waals surface area (Å²) in [6.07, 6.45) is -4.47. The molecule has 2 nitrogen and oxygen atoms in total. The lowest BCUT2D eigenvalue weighted by molar-refractivity contribution is -0.137. The third-order valence-corrected chi connectivity index (χ3v) is 4.03. The summed E-state index contributed by atoms with van der Waals surface area (Å²) < 4.78 is 37.4. The topological polar surface area (TPSA) is 29.1 Å². The van der Waals surface area contributed by atoms with Crippen molar-refractivity contribution in [1.29, 1.82) is 0 Å². The molecule has 20 heavy (non-hydrogen) atoms. The average molecular weight is 338 g/mol. The second-order valence-electron chi connectivity index (χ2n) is 3.82. The average Bonchev–Trinajstić information content (AvgIpc) is 2.77. The number of benzene rings is 1. The lowest BCUT2D eigenvalue weighted by Crippen LogP contribution is -2.11. The summed E-state index contributed by atoms with van der Waals surface area (Å²) in [6, 6.07) is 4.31. The Morgan fingerprint density at radius 3 is 2.50 bits per heavy atom. The molecule has 0 aliphatic heterocycles. The Bertz CT molecular complexity index is 654. The Hall–Kier alpha value is -1.18. The maximum atomic E-state index is 12.5. The van der Waals surface area contributed by atoms with Gasteiger partial charge in [-0.15, -0.1) is 24.0 Å². The van der Waals surface area contributed by atoms with Crippen LogP contribution < -0.4 is 5.32 Å². The fourth-order valence-corrected chi connectivity index (χ4v) is 2.69. The first-order valence-corrected chi connectivity index (χ1v) is 6.93. The minimum absolute atomic E-state index is 0.124. The monoisotopic (exact) mass is 337 g/mol. The summed E-state index contributed by atoms with van der Waals surface area (Å²) in [6.45, 7) is 0. The van der Waals surface area contributed by atoms with Crippen LogP contribution in [-0.4, -0.2) is 5.91 Å². The molecule has 2 aromatic rings. The first-order valence-electron chi connectivity index (χ1n) is 5.23. The minimum atomic E-state index is -4.47. The van der Waals surface area contributed by atoms with Crippen LogP contribution in [0.3, 0.4) is 0 Å². The van der Waals surface area contributed by atoms with Crippen LogP contribution in [-0.2, 0) is 6.18 Å². The molecule has 0 saturated heterocycles. The van der Waals surface area contributed by atoms with E-state index in [-0.39, 0.29) is 10.7 Å². The summed E-state index contributed by atoms with van der Waals surface area (Å²) >= 11 is 11.0. The summed E-state index contributed by atoms with van der Waals surface area (Å²) in [7, 11) is 0. The van der Waals surface area contributed by atoms with Crippen molar-refractivity contribution in [1.82, 2.24) is 0 Å². The van der Waals surface area contributed by atoms with Gasteiger partial charge in [0.15, 0.2) is 0 Å². The molecule has 0 aliphatic carbocycles. The van der Waals surface area contributed by atoms with Crippen molar-refractivity contribution in [3.63, 3.8) is 0 Å². The van der Waals surface area contributed by atoms with E-state index in [9.17, 15) is 18.0 Å². The van der Waals surface area contributed by atoms with E-state index in [1.54, 1.807) is 11.4 Å². The third-order valence-electron chi connectivity index (χ3n) is 2.35. The summed E-state index contributed by atoms with van der Waals surface area (Å²) in [5, 5.41) is 3.96. The lowest BCUT2D eigenvalue weighted by atomic mass is 10.2. The molecule has 1 aromatic heterocycles. The molecule has 0 spiro atoms. The number of anilines is 1. The Morgan fingerprint density at radius 2 is 2.00 bits per heavy atom. The van der Waals surface area contributed by atoms with E-state index < -0.39 is 17.6 Å². The predicted molar refractivity (Wildman–Crippen MR) is 76.0 cm³/mol. The molecule has 0 bridgehead atoms. The molecule has 1 heterocycles. The molecule has 0 atom stereocenters. The molecule has 0 saturated carbocycles. The molecule has 0 unspecified atom stereocenters. The Labute approximate surface area is 127 Å². The molecular weight excluding hydrogens is 331 g/mol. The van der Waals surface area contributed by atoms with E-state index >= 15 is 0 Å². The van der Waals surface area contributed by atoms with Gasteiger partial charge >= 0.3 is 6.18 Å². The molecule has 2 rings (SSSR count). The Kier molecular flexibility index (Phi) is 4.31. The van der Waals surface area contributed by atoms with Crippen molar-refractivity contribution in [3.05, 3.63) is 45.1 Å². The fraction of sp³-hybridized carbons (Fsp3) is 0.0833. The van der Waals surface area contributed by atoms with Gasteiger partial charge in [0.25, 0.3) is 5.91 Å². The summed E-state index contributed by atoms with van der Waals surface area (Å²) in [5.74, 6) is -0.447. The zero-order valence-corrected chi connectivity index (χ0v) is 12.1. The number of nitrogens with one attached hydrogen (secondary N) is 1. The van der Waals surface area contributed by atoms with Crippen molar-refractivity contribution >= 4 is 47.2 Å². The van der Waals surface area contributed by atoms with Gasteiger partial charge in [0.2, 0.25) is 0 Å². The standard InChI is InChI=1S/C12H7ClF3NOS2/c13-8-3-6(12(14,15)16)1-2-9(8)17-11(18)10-4-7(19)5-20-10/h1-5,19H,(H,17,18). The first kappa shape index (κ1) is 15.2. The number of thiol groups is 1. The van der Waals surface area contributed by atoms with E-state index in [4.69, 9.17) is 11.6 Å². The highest BCUT2D eigenvalue weighted by molar-refractivity contribution is 7.80. The molecular formula is C12H7ClF3NOS2. The molecule has 0 aliphatic rings. The lowest BCUT2D eigenvalue weighted by Gasteiger charge is -2.10. The number of carbonyl (C=O) groups is 1. The van der Waals surface area contributed by atoms with Crippen LogP contribution in [0.5, 0.6) is 0 Å². The summed E-state index contributed by atoms with van der Waals surface area (Å²) in [5.41, 5.74) is -0.743. The van der Waals surface area contributed by atoms with Crippen molar-refractivity contribution < 1.29 is 18.0 Å². The highest BCUT2D eigenvalue weighted by Crippen LogP contribution is 2.34. The van der Waals surface area contributed by atoms with Gasteiger partial charge in [0.1, 0.15) is 0 Å². The van der Waals surface area contributed by atoms with E-state index in [2.05, 4.69) is 17.9 Å². The maximum Gasteiger partial charge on any atom is 0.416 e. The van der Waals surface area contributed by atoms with Crippen molar-refractivity contribution in [2.45, 2.75) is 11.1 Å². The van der Waals surface area contributed by atoms with Crippen LogP contribution in [0, 0.1) is 0 Å². The third kappa shape index (κ3) is 3.47. The Morgan fingerprint density at radius 1 is 1.30 bits per heavy atom. The van der Waals surface area contributed by atoms with Gasteiger partial charge in [-0.3, -0.25) is 4.79 Å². The van der Waals surface area contributed by atoms with Gasteiger partial charge in [-0.1, -0.05) is 11.6 Å². The quantitative estimate of drug-likeness (QED) is 0.745. The van der Waals surface area contributed by atoms with E-state index in [0.29, 0.717) is 9.77 Å². The molecule has 1 aromatic carbocycles. The van der Waals surface area contributed by atoms with Gasteiger partial charge in [-0.2, -0.15) is 13.2 Å². The van der Waals surface area contributed by atoms with E-state index in [1.807, 2.05) is 0 Å². The number of thiophene rings is 1. The van der Waals surface area contributed by atoms with Crippen LogP contribution >= 0.6 is 35.6 Å².